The van der Waals surface area contributed by atoms with E-state index in [4.69, 9.17) is 0 Å². The molecule has 86 valence electrons. The van der Waals surface area contributed by atoms with Crippen molar-refractivity contribution in [3.63, 3.8) is 0 Å². The van der Waals surface area contributed by atoms with Gasteiger partial charge in [-0.25, -0.2) is 0 Å². The molecule has 1 aromatic rings. The van der Waals surface area contributed by atoms with E-state index in [2.05, 4.69) is 27.7 Å². The van der Waals surface area contributed by atoms with Crippen LogP contribution in [0.15, 0.2) is 18.3 Å². The Balaban J connectivity index is 1.84. The number of carbonyl (C=O) groups excluding carboxylic acids is 1. The molecule has 1 aliphatic rings. The maximum atomic E-state index is 11.8. The summed E-state index contributed by atoms with van der Waals surface area (Å²) in [6, 6.07) is 0. The summed E-state index contributed by atoms with van der Waals surface area (Å²) in [5.41, 5.74) is 1.47. The molecule has 16 heavy (non-hydrogen) atoms. The molecule has 4 nitrogen and oxygen atoms in total. The van der Waals surface area contributed by atoms with Crippen LogP contribution in [0.2, 0.25) is 0 Å². The molecule has 0 saturated heterocycles. The molecule has 0 fully saturated rings. The van der Waals surface area contributed by atoms with E-state index < -0.39 is 0 Å². The van der Waals surface area contributed by atoms with Crippen LogP contribution in [0, 0.1) is 12.8 Å². The number of hydrogen-bond acceptors (Lipinski definition) is 2. The van der Waals surface area contributed by atoms with Crippen molar-refractivity contribution in [2.75, 3.05) is 6.54 Å². The summed E-state index contributed by atoms with van der Waals surface area (Å²) >= 11 is 0. The normalized spacial score (nSPS) is 19.7. The number of aryl methyl sites for hydroxylation is 1. The van der Waals surface area contributed by atoms with Crippen molar-refractivity contribution in [3.8, 4) is 0 Å². The molecule has 1 unspecified atom stereocenters. The topological polar surface area (TPSA) is 57.8 Å². The predicted octanol–water partition coefficient (Wildman–Crippen LogP) is 1.80. The highest BCUT2D eigenvalue weighted by atomic mass is 16.1. The van der Waals surface area contributed by atoms with Gasteiger partial charge < -0.3 is 5.32 Å². The van der Waals surface area contributed by atoms with Gasteiger partial charge in [-0.2, -0.15) is 5.10 Å². The molecule has 0 saturated carbocycles. The third kappa shape index (κ3) is 2.51. The first-order chi connectivity index (χ1) is 7.77. The number of allylic oxidation sites excluding steroid dienone is 2. The van der Waals surface area contributed by atoms with Gasteiger partial charge in [0.25, 0.3) is 5.91 Å². The van der Waals surface area contributed by atoms with Crippen LogP contribution in [0.3, 0.4) is 0 Å². The van der Waals surface area contributed by atoms with E-state index in [1.54, 1.807) is 6.20 Å². The highest BCUT2D eigenvalue weighted by Gasteiger charge is 2.14. The standard InChI is InChI=1S/C12H17N3O/c1-9-11(8-14-15-9)12(16)13-7-10-5-3-2-4-6-10/h2-3,8,10H,4-7H2,1H3,(H,13,16)(H,14,15). The summed E-state index contributed by atoms with van der Waals surface area (Å²) in [4.78, 5) is 11.8. The molecule has 4 heteroatoms. The second-order valence-electron chi connectivity index (χ2n) is 4.27. The van der Waals surface area contributed by atoms with Crippen LogP contribution in [0.25, 0.3) is 0 Å². The fraction of sp³-hybridized carbons (Fsp3) is 0.500. The third-order valence-corrected chi connectivity index (χ3v) is 3.00. The minimum Gasteiger partial charge on any atom is -0.352 e. The summed E-state index contributed by atoms with van der Waals surface area (Å²) in [7, 11) is 0. The van der Waals surface area contributed by atoms with Crippen molar-refractivity contribution in [1.29, 1.82) is 0 Å². The van der Waals surface area contributed by atoms with Crippen LogP contribution in [0.1, 0.15) is 35.3 Å². The first-order valence-electron chi connectivity index (χ1n) is 5.70. The van der Waals surface area contributed by atoms with Crippen molar-refractivity contribution in [2.24, 2.45) is 5.92 Å². The highest BCUT2D eigenvalue weighted by molar-refractivity contribution is 5.94. The fourth-order valence-corrected chi connectivity index (χ4v) is 1.95. The van der Waals surface area contributed by atoms with E-state index >= 15 is 0 Å². The van der Waals surface area contributed by atoms with Gasteiger partial charge in [-0.05, 0) is 32.1 Å². The molecule has 2 rings (SSSR count). The zero-order valence-electron chi connectivity index (χ0n) is 9.49. The third-order valence-electron chi connectivity index (χ3n) is 3.00. The molecule has 1 aliphatic carbocycles. The van der Waals surface area contributed by atoms with E-state index in [0.717, 1.165) is 25.1 Å². The number of aromatic nitrogens is 2. The van der Waals surface area contributed by atoms with Crippen LogP contribution in [0.5, 0.6) is 0 Å². The molecule has 1 heterocycles. The Morgan fingerprint density at radius 1 is 1.62 bits per heavy atom. The average Bonchev–Trinajstić information content (AvgIpc) is 2.74. The highest BCUT2D eigenvalue weighted by Crippen LogP contribution is 2.17. The largest absolute Gasteiger partial charge is 0.352 e. The van der Waals surface area contributed by atoms with Crippen LogP contribution < -0.4 is 5.32 Å². The predicted molar refractivity (Wildman–Crippen MR) is 62.1 cm³/mol. The van der Waals surface area contributed by atoms with Crippen molar-refractivity contribution in [2.45, 2.75) is 26.2 Å². The van der Waals surface area contributed by atoms with Crippen LogP contribution in [0.4, 0.5) is 0 Å². The molecule has 1 amide bonds. The molecule has 1 aromatic heterocycles. The number of rotatable bonds is 3. The van der Waals surface area contributed by atoms with Gasteiger partial charge in [-0.3, -0.25) is 9.89 Å². The summed E-state index contributed by atoms with van der Waals surface area (Å²) < 4.78 is 0. The number of carbonyl (C=O) groups is 1. The van der Waals surface area contributed by atoms with E-state index in [-0.39, 0.29) is 5.91 Å². The van der Waals surface area contributed by atoms with Crippen LogP contribution in [-0.4, -0.2) is 22.6 Å². The Labute approximate surface area is 95.1 Å². The Kier molecular flexibility index (Phi) is 3.39. The molecular weight excluding hydrogens is 202 g/mol. The van der Waals surface area contributed by atoms with E-state index in [1.807, 2.05) is 6.92 Å². The van der Waals surface area contributed by atoms with E-state index in [0.29, 0.717) is 11.5 Å². The smallest absolute Gasteiger partial charge is 0.254 e. The summed E-state index contributed by atoms with van der Waals surface area (Å²) in [6.45, 7) is 2.61. The van der Waals surface area contributed by atoms with Gasteiger partial charge in [-0.15, -0.1) is 0 Å². The zero-order chi connectivity index (χ0) is 11.4. The molecule has 0 aliphatic heterocycles. The van der Waals surface area contributed by atoms with E-state index in [1.165, 1.54) is 6.42 Å². The molecule has 2 N–H and O–H groups in total. The molecule has 0 spiro atoms. The molecule has 0 aromatic carbocycles. The van der Waals surface area contributed by atoms with Gasteiger partial charge in [0.15, 0.2) is 0 Å². The molecular formula is C12H17N3O. The quantitative estimate of drug-likeness (QED) is 0.762. The second-order valence-corrected chi connectivity index (χ2v) is 4.27. The van der Waals surface area contributed by atoms with Crippen molar-refractivity contribution < 1.29 is 4.79 Å². The summed E-state index contributed by atoms with van der Waals surface area (Å²) in [6.07, 6.45) is 9.35. The molecule has 0 radical (unpaired) electrons. The minimum absolute atomic E-state index is 0.0270. The lowest BCUT2D eigenvalue weighted by Gasteiger charge is -2.17. The number of hydrogen-bond donors (Lipinski definition) is 2. The molecule has 1 atom stereocenters. The monoisotopic (exact) mass is 219 g/mol. The molecule has 0 bridgehead atoms. The average molecular weight is 219 g/mol. The van der Waals surface area contributed by atoms with Gasteiger partial charge >= 0.3 is 0 Å². The Morgan fingerprint density at radius 2 is 2.50 bits per heavy atom. The van der Waals surface area contributed by atoms with Crippen LogP contribution in [-0.2, 0) is 0 Å². The van der Waals surface area contributed by atoms with E-state index in [9.17, 15) is 4.79 Å². The van der Waals surface area contributed by atoms with Gasteiger partial charge in [0.05, 0.1) is 11.8 Å². The number of aromatic amines is 1. The summed E-state index contributed by atoms with van der Waals surface area (Å²) in [5, 5.41) is 9.57. The Hall–Kier alpha value is -1.58. The first-order valence-corrected chi connectivity index (χ1v) is 5.70. The maximum Gasteiger partial charge on any atom is 0.254 e. The van der Waals surface area contributed by atoms with Crippen molar-refractivity contribution in [1.82, 2.24) is 15.5 Å². The van der Waals surface area contributed by atoms with Crippen LogP contribution >= 0.6 is 0 Å². The lowest BCUT2D eigenvalue weighted by molar-refractivity contribution is 0.0945. The number of amides is 1. The lowest BCUT2D eigenvalue weighted by Crippen LogP contribution is -2.29. The Bertz CT molecular complexity index is 395. The SMILES string of the molecule is Cc1[nH]ncc1C(=O)NCC1CC=CCC1. The summed E-state index contributed by atoms with van der Waals surface area (Å²) in [5.74, 6) is 0.557. The maximum absolute atomic E-state index is 11.8. The van der Waals surface area contributed by atoms with Gasteiger partial charge in [-0.1, -0.05) is 12.2 Å². The van der Waals surface area contributed by atoms with Crippen molar-refractivity contribution in [3.05, 3.63) is 29.6 Å². The minimum atomic E-state index is -0.0270. The fourth-order valence-electron chi connectivity index (χ4n) is 1.95. The second kappa shape index (κ2) is 4.96. The van der Waals surface area contributed by atoms with Gasteiger partial charge in [0.2, 0.25) is 0 Å². The number of nitrogens with one attached hydrogen (secondary N) is 2. The van der Waals surface area contributed by atoms with Gasteiger partial charge in [0.1, 0.15) is 0 Å². The zero-order valence-corrected chi connectivity index (χ0v) is 9.49. The number of H-pyrrole nitrogens is 1. The van der Waals surface area contributed by atoms with Crippen molar-refractivity contribution >= 4 is 5.91 Å². The Morgan fingerprint density at radius 3 is 3.12 bits per heavy atom. The van der Waals surface area contributed by atoms with Gasteiger partial charge in [0, 0.05) is 12.2 Å². The first kappa shape index (κ1) is 10.9. The number of nitrogens with zero attached hydrogens (tertiary/aromatic N) is 1. The lowest BCUT2D eigenvalue weighted by atomic mass is 9.94.